The van der Waals surface area contributed by atoms with Gasteiger partial charge in [0.05, 0.1) is 0 Å². The summed E-state index contributed by atoms with van der Waals surface area (Å²) in [5.74, 6) is 0.621. The fraction of sp³-hybridized carbons (Fsp3) is 0.529. The second kappa shape index (κ2) is 9.36. The number of ether oxygens (including phenoxy) is 1. The summed E-state index contributed by atoms with van der Waals surface area (Å²) >= 11 is 3.67. The molecule has 4 heteroatoms. The van der Waals surface area contributed by atoms with Crippen LogP contribution in [0.15, 0.2) is 35.0 Å². The van der Waals surface area contributed by atoms with Crippen LogP contribution in [0.5, 0.6) is 0 Å². The van der Waals surface area contributed by atoms with Crippen molar-refractivity contribution in [1.82, 2.24) is 5.32 Å². The van der Waals surface area contributed by atoms with Crippen LogP contribution in [0.2, 0.25) is 0 Å². The van der Waals surface area contributed by atoms with Crippen LogP contribution in [0.4, 0.5) is 0 Å². The van der Waals surface area contributed by atoms with Crippen LogP contribution < -0.4 is 5.32 Å². The molecule has 2 nitrogen and oxygen atoms in total. The predicted molar refractivity (Wildman–Crippen MR) is 93.4 cm³/mol. The fourth-order valence-electron chi connectivity index (χ4n) is 2.16. The zero-order valence-electron chi connectivity index (χ0n) is 12.9. The molecular formula is C17H25NOS2. The van der Waals surface area contributed by atoms with Crippen molar-refractivity contribution in [3.63, 3.8) is 0 Å². The standard InChI is InChI=1S/C17H25NOS2/c1-14(2)13-19-9-5-8-18-16(17-7-4-11-21-17)12-15-6-3-10-20-15/h3-4,6-7,10-11,14,16,18H,5,8-9,12-13H2,1-2H3. The van der Waals surface area contributed by atoms with Crippen molar-refractivity contribution in [1.29, 1.82) is 0 Å². The molecule has 1 atom stereocenters. The van der Waals surface area contributed by atoms with E-state index in [1.54, 1.807) is 0 Å². The van der Waals surface area contributed by atoms with Crippen molar-refractivity contribution in [3.05, 3.63) is 44.8 Å². The van der Waals surface area contributed by atoms with Crippen molar-refractivity contribution < 1.29 is 4.74 Å². The van der Waals surface area contributed by atoms with Gasteiger partial charge < -0.3 is 10.1 Å². The van der Waals surface area contributed by atoms with Gasteiger partial charge in [0.15, 0.2) is 0 Å². The lowest BCUT2D eigenvalue weighted by molar-refractivity contribution is 0.107. The lowest BCUT2D eigenvalue weighted by atomic mass is 10.1. The summed E-state index contributed by atoms with van der Waals surface area (Å²) in [4.78, 5) is 2.86. The molecule has 0 bridgehead atoms. The third-order valence-corrected chi connectivity index (χ3v) is 5.06. The molecule has 0 amide bonds. The van der Waals surface area contributed by atoms with Gasteiger partial charge in [0.25, 0.3) is 0 Å². The molecular weight excluding hydrogens is 298 g/mol. The van der Waals surface area contributed by atoms with Crippen LogP contribution >= 0.6 is 22.7 Å². The molecule has 0 saturated heterocycles. The summed E-state index contributed by atoms with van der Waals surface area (Å²) in [6.45, 7) is 7.09. The van der Waals surface area contributed by atoms with Crippen LogP contribution in [0, 0.1) is 5.92 Å². The van der Waals surface area contributed by atoms with Gasteiger partial charge in [-0.05, 0) is 41.8 Å². The van der Waals surface area contributed by atoms with E-state index in [-0.39, 0.29) is 0 Å². The average molecular weight is 324 g/mol. The highest BCUT2D eigenvalue weighted by Crippen LogP contribution is 2.24. The Hall–Kier alpha value is -0.680. The van der Waals surface area contributed by atoms with Crippen LogP contribution in [0.3, 0.4) is 0 Å². The predicted octanol–water partition coefficient (Wildman–Crippen LogP) is 4.75. The number of nitrogens with one attached hydrogen (secondary N) is 1. The number of hydrogen-bond acceptors (Lipinski definition) is 4. The Labute approximate surface area is 136 Å². The van der Waals surface area contributed by atoms with Crippen LogP contribution in [-0.4, -0.2) is 19.8 Å². The third-order valence-electron chi connectivity index (χ3n) is 3.18. The Morgan fingerprint density at radius 3 is 2.62 bits per heavy atom. The van der Waals surface area contributed by atoms with Gasteiger partial charge in [-0.1, -0.05) is 26.0 Å². The largest absolute Gasteiger partial charge is 0.381 e. The summed E-state index contributed by atoms with van der Waals surface area (Å²) < 4.78 is 5.64. The highest BCUT2D eigenvalue weighted by Gasteiger charge is 2.13. The van der Waals surface area contributed by atoms with E-state index in [0.717, 1.165) is 32.6 Å². The molecule has 0 saturated carbocycles. The summed E-state index contributed by atoms with van der Waals surface area (Å²) in [6.07, 6.45) is 2.14. The molecule has 21 heavy (non-hydrogen) atoms. The van der Waals surface area contributed by atoms with Crippen molar-refractivity contribution in [2.75, 3.05) is 19.8 Å². The topological polar surface area (TPSA) is 21.3 Å². The highest BCUT2D eigenvalue weighted by atomic mass is 32.1. The van der Waals surface area contributed by atoms with Gasteiger partial charge in [-0.25, -0.2) is 0 Å². The lowest BCUT2D eigenvalue weighted by Crippen LogP contribution is -2.24. The van der Waals surface area contributed by atoms with Gasteiger partial charge in [-0.2, -0.15) is 0 Å². The Morgan fingerprint density at radius 1 is 1.14 bits per heavy atom. The first-order valence-electron chi connectivity index (χ1n) is 7.62. The Kier molecular flexibility index (Phi) is 7.44. The summed E-state index contributed by atoms with van der Waals surface area (Å²) in [7, 11) is 0. The van der Waals surface area contributed by atoms with E-state index in [2.05, 4.69) is 54.2 Å². The van der Waals surface area contributed by atoms with E-state index in [0.29, 0.717) is 12.0 Å². The molecule has 0 aliphatic carbocycles. The van der Waals surface area contributed by atoms with E-state index < -0.39 is 0 Å². The molecule has 0 fully saturated rings. The highest BCUT2D eigenvalue weighted by molar-refractivity contribution is 7.10. The maximum absolute atomic E-state index is 5.64. The first-order valence-corrected chi connectivity index (χ1v) is 9.38. The number of thiophene rings is 2. The molecule has 2 aromatic rings. The minimum Gasteiger partial charge on any atom is -0.381 e. The van der Waals surface area contributed by atoms with Gasteiger partial charge in [-0.15, -0.1) is 22.7 Å². The maximum Gasteiger partial charge on any atom is 0.0489 e. The van der Waals surface area contributed by atoms with Gasteiger partial charge in [-0.3, -0.25) is 0 Å². The van der Waals surface area contributed by atoms with Crippen LogP contribution in [-0.2, 0) is 11.2 Å². The minimum atomic E-state index is 0.425. The van der Waals surface area contributed by atoms with E-state index in [1.807, 2.05) is 22.7 Å². The smallest absolute Gasteiger partial charge is 0.0489 e. The van der Waals surface area contributed by atoms with Crippen LogP contribution in [0.25, 0.3) is 0 Å². The monoisotopic (exact) mass is 323 g/mol. The molecule has 2 heterocycles. The average Bonchev–Trinajstić information content (AvgIpc) is 3.13. The fourth-order valence-corrected chi connectivity index (χ4v) is 3.72. The molecule has 0 aliphatic rings. The van der Waals surface area contributed by atoms with Gasteiger partial charge in [0.1, 0.15) is 0 Å². The van der Waals surface area contributed by atoms with Crippen molar-refractivity contribution in [2.45, 2.75) is 32.7 Å². The zero-order chi connectivity index (χ0) is 14.9. The van der Waals surface area contributed by atoms with Gasteiger partial charge >= 0.3 is 0 Å². The Bertz CT molecular complexity index is 465. The SMILES string of the molecule is CC(C)COCCCNC(Cc1cccs1)c1cccs1. The summed E-state index contributed by atoms with van der Waals surface area (Å²) in [6, 6.07) is 9.14. The second-order valence-corrected chi connectivity index (χ2v) is 7.64. The lowest BCUT2D eigenvalue weighted by Gasteiger charge is -2.17. The number of rotatable bonds is 10. The molecule has 0 aromatic carbocycles. The molecule has 2 aromatic heterocycles. The Balaban J connectivity index is 1.75. The molecule has 0 spiro atoms. The first-order chi connectivity index (χ1) is 10.3. The first kappa shape index (κ1) is 16.7. The number of hydrogen-bond donors (Lipinski definition) is 1. The van der Waals surface area contributed by atoms with E-state index in [9.17, 15) is 0 Å². The minimum absolute atomic E-state index is 0.425. The van der Waals surface area contributed by atoms with E-state index in [4.69, 9.17) is 4.74 Å². The quantitative estimate of drug-likeness (QED) is 0.637. The molecule has 0 radical (unpaired) electrons. The maximum atomic E-state index is 5.64. The van der Waals surface area contributed by atoms with Crippen molar-refractivity contribution >= 4 is 22.7 Å². The summed E-state index contributed by atoms with van der Waals surface area (Å²) in [5, 5.41) is 8.00. The molecule has 1 unspecified atom stereocenters. The van der Waals surface area contributed by atoms with Gasteiger partial charge in [0, 0.05) is 35.4 Å². The second-order valence-electron chi connectivity index (χ2n) is 5.63. The van der Waals surface area contributed by atoms with Crippen molar-refractivity contribution in [3.8, 4) is 0 Å². The van der Waals surface area contributed by atoms with Crippen LogP contribution in [0.1, 0.15) is 36.1 Å². The van der Waals surface area contributed by atoms with Crippen molar-refractivity contribution in [2.24, 2.45) is 5.92 Å². The van der Waals surface area contributed by atoms with E-state index in [1.165, 1.54) is 9.75 Å². The zero-order valence-corrected chi connectivity index (χ0v) is 14.5. The molecule has 2 rings (SSSR count). The molecule has 0 aliphatic heterocycles. The normalized spacial score (nSPS) is 12.9. The molecule has 116 valence electrons. The van der Waals surface area contributed by atoms with Gasteiger partial charge in [0.2, 0.25) is 0 Å². The summed E-state index contributed by atoms with van der Waals surface area (Å²) in [5.41, 5.74) is 0. The third kappa shape index (κ3) is 6.30. The van der Waals surface area contributed by atoms with E-state index >= 15 is 0 Å². The Morgan fingerprint density at radius 2 is 1.95 bits per heavy atom. The molecule has 1 N–H and O–H groups in total.